The zero-order valence-electron chi connectivity index (χ0n) is 9.32. The number of imidazole rings is 1. The number of nitrogens with zero attached hydrogens (tertiary/aromatic N) is 3. The van der Waals surface area contributed by atoms with Gasteiger partial charge in [-0.1, -0.05) is 0 Å². The van der Waals surface area contributed by atoms with E-state index in [9.17, 15) is 31.7 Å². The lowest BCUT2D eigenvalue weighted by Gasteiger charge is -2.18. The van der Waals surface area contributed by atoms with Gasteiger partial charge in [-0.25, -0.2) is 4.98 Å². The average Bonchev–Trinajstić information content (AvgIpc) is 2.72. The zero-order valence-corrected chi connectivity index (χ0v) is 9.32. The Morgan fingerprint density at radius 3 is 2.47 bits per heavy atom. The maximum absolute atomic E-state index is 12.6. The van der Waals surface area contributed by atoms with Crippen molar-refractivity contribution in [2.24, 2.45) is 5.18 Å². The number of carbonyl (C=O) groups is 1. The van der Waals surface area contributed by atoms with E-state index in [1.165, 1.54) is 6.20 Å². The number of ketones is 1. The van der Waals surface area contributed by atoms with E-state index in [1.807, 2.05) is 0 Å². The summed E-state index contributed by atoms with van der Waals surface area (Å²) in [6.07, 6.45) is -5.94. The molecule has 0 bridgehead atoms. The first-order valence-electron chi connectivity index (χ1n) is 4.98. The predicted molar refractivity (Wildman–Crippen MR) is 52.9 cm³/mol. The highest BCUT2D eigenvalue weighted by molar-refractivity contribution is 5.78. The Kier molecular flexibility index (Phi) is 4.32. The highest BCUT2D eigenvalue weighted by Crippen LogP contribution is 2.38. The van der Waals surface area contributed by atoms with Crippen molar-refractivity contribution in [1.82, 2.24) is 9.55 Å². The molecule has 0 fully saturated rings. The molecule has 0 saturated carbocycles. The molecule has 0 unspecified atom stereocenters. The summed E-state index contributed by atoms with van der Waals surface area (Å²) in [6, 6.07) is 0. The van der Waals surface area contributed by atoms with Gasteiger partial charge < -0.3 is 4.57 Å². The van der Waals surface area contributed by atoms with Crippen molar-refractivity contribution in [3.8, 4) is 0 Å². The molecule has 19 heavy (non-hydrogen) atoms. The van der Waals surface area contributed by atoms with Crippen LogP contribution in [0.5, 0.6) is 0 Å². The Bertz CT molecular complexity index is 469. The van der Waals surface area contributed by atoms with E-state index in [2.05, 4.69) is 10.2 Å². The van der Waals surface area contributed by atoms with Crippen LogP contribution in [0.4, 0.5) is 27.9 Å². The second-order valence-corrected chi connectivity index (χ2v) is 3.69. The van der Waals surface area contributed by atoms with E-state index in [-0.39, 0.29) is 5.95 Å². The van der Waals surface area contributed by atoms with Crippen LogP contribution in [0.25, 0.3) is 0 Å². The second-order valence-electron chi connectivity index (χ2n) is 3.69. The van der Waals surface area contributed by atoms with Crippen LogP contribution in [0.2, 0.25) is 0 Å². The molecular weight excluding hydrogens is 276 g/mol. The molecule has 0 radical (unpaired) electrons. The lowest BCUT2D eigenvalue weighted by atomic mass is 10.1. The minimum absolute atomic E-state index is 0.351. The molecule has 0 amide bonds. The van der Waals surface area contributed by atoms with Crippen LogP contribution in [0.1, 0.15) is 12.8 Å². The normalized spacial score (nSPS) is 12.5. The molecule has 0 atom stereocenters. The number of aromatic nitrogens is 2. The van der Waals surface area contributed by atoms with Crippen LogP contribution in [0, 0.1) is 4.91 Å². The molecule has 1 rings (SSSR count). The van der Waals surface area contributed by atoms with Gasteiger partial charge in [-0.2, -0.15) is 22.0 Å². The summed E-state index contributed by atoms with van der Waals surface area (Å²) >= 11 is 0. The van der Waals surface area contributed by atoms with Crippen molar-refractivity contribution >= 4 is 11.7 Å². The van der Waals surface area contributed by atoms with Gasteiger partial charge >= 0.3 is 12.1 Å². The van der Waals surface area contributed by atoms with E-state index < -0.39 is 37.3 Å². The fraction of sp³-hybridized carbons (Fsp3) is 0.556. The smallest absolute Gasteiger partial charge is 0.306 e. The van der Waals surface area contributed by atoms with Crippen molar-refractivity contribution in [2.75, 3.05) is 0 Å². The molecule has 5 nitrogen and oxygen atoms in total. The molecule has 0 N–H and O–H groups in total. The maximum Gasteiger partial charge on any atom is 0.453 e. The number of Topliss-reactive ketones (excluding diaryl/α,β-unsaturated/α-hetero) is 1. The summed E-state index contributed by atoms with van der Waals surface area (Å²) < 4.78 is 61.6. The average molecular weight is 284 g/mol. The highest BCUT2D eigenvalue weighted by Gasteiger charge is 2.56. The Hall–Kier alpha value is -1.87. The molecule has 106 valence electrons. The Labute approximate surface area is 103 Å². The third kappa shape index (κ3) is 3.80. The van der Waals surface area contributed by atoms with Gasteiger partial charge in [0, 0.05) is 30.4 Å². The lowest BCUT2D eigenvalue weighted by Crippen LogP contribution is -2.36. The fourth-order valence-corrected chi connectivity index (χ4v) is 1.23. The fourth-order valence-electron chi connectivity index (χ4n) is 1.23. The molecule has 0 aromatic carbocycles. The van der Waals surface area contributed by atoms with Crippen LogP contribution in [0.15, 0.2) is 17.6 Å². The predicted octanol–water partition coefficient (Wildman–Crippen LogP) is 2.83. The van der Waals surface area contributed by atoms with Crippen LogP contribution in [-0.4, -0.2) is 27.4 Å². The summed E-state index contributed by atoms with van der Waals surface area (Å²) in [5.74, 6) is -6.15. The van der Waals surface area contributed by atoms with Gasteiger partial charge in [0.05, 0.1) is 6.54 Å². The van der Waals surface area contributed by atoms with Gasteiger partial charge in [0.15, 0.2) is 5.78 Å². The molecule has 1 aromatic heterocycles. The highest BCUT2D eigenvalue weighted by atomic mass is 19.3. The van der Waals surface area contributed by atoms with Crippen LogP contribution >= 0.6 is 0 Å². The van der Waals surface area contributed by atoms with Crippen LogP contribution in [-0.2, 0) is 11.3 Å². The summed E-state index contributed by atoms with van der Waals surface area (Å²) in [4.78, 5) is 24.9. The standard InChI is InChI=1S/C9H8F5N3O2/c10-8(11,9(12,13)14)2-1-6(18)5-17-4-3-15-7(17)16-19/h3-4H,1-2,5H2/i12-1. The number of hydrogen-bond donors (Lipinski definition) is 0. The molecule has 0 aliphatic heterocycles. The van der Waals surface area contributed by atoms with Gasteiger partial charge in [0.25, 0.3) is 5.95 Å². The third-order valence-electron chi connectivity index (χ3n) is 2.25. The monoisotopic (exact) mass is 284 g/mol. The van der Waals surface area contributed by atoms with E-state index in [0.29, 0.717) is 0 Å². The van der Waals surface area contributed by atoms with Crippen molar-refractivity contribution in [2.45, 2.75) is 31.5 Å². The molecule has 0 saturated heterocycles. The first-order chi connectivity index (χ1) is 8.67. The van der Waals surface area contributed by atoms with Crippen molar-refractivity contribution in [3.05, 3.63) is 17.3 Å². The number of hydrogen-bond acceptors (Lipinski definition) is 4. The Morgan fingerprint density at radius 2 is 1.95 bits per heavy atom. The van der Waals surface area contributed by atoms with E-state index >= 15 is 0 Å². The number of carbonyl (C=O) groups excluding carboxylic acids is 1. The Balaban J connectivity index is 2.56. The number of halogens is 5. The lowest BCUT2D eigenvalue weighted by molar-refractivity contribution is -0.284. The molecule has 1 heterocycles. The van der Waals surface area contributed by atoms with Gasteiger partial charge in [-0.3, -0.25) is 4.79 Å². The third-order valence-corrected chi connectivity index (χ3v) is 2.25. The SMILES string of the molecule is O=Nc1nccn1CC(=O)CCC(F)(F)C(F)(F)[18F]. The molecular formula is C9H8F5N3O2. The number of rotatable bonds is 6. The van der Waals surface area contributed by atoms with Gasteiger partial charge in [0.1, 0.15) is 0 Å². The molecule has 10 heteroatoms. The first-order valence-corrected chi connectivity index (χ1v) is 4.98. The summed E-state index contributed by atoms with van der Waals surface area (Å²) in [6.45, 7) is -0.533. The maximum atomic E-state index is 12.6. The quantitative estimate of drug-likeness (QED) is 0.596. The van der Waals surface area contributed by atoms with Gasteiger partial charge in [-0.15, -0.1) is 4.91 Å². The molecule has 0 spiro atoms. The van der Waals surface area contributed by atoms with Crippen LogP contribution < -0.4 is 0 Å². The van der Waals surface area contributed by atoms with Crippen molar-refractivity contribution in [3.63, 3.8) is 0 Å². The van der Waals surface area contributed by atoms with Gasteiger partial charge in [0.2, 0.25) is 0 Å². The largest absolute Gasteiger partial charge is 0.453 e. The minimum Gasteiger partial charge on any atom is -0.306 e. The molecule has 0 aliphatic rings. The zero-order chi connectivity index (χ0) is 14.7. The first kappa shape index (κ1) is 15.2. The summed E-state index contributed by atoms with van der Waals surface area (Å²) in [5.41, 5.74) is 0. The molecule has 0 aliphatic carbocycles. The summed E-state index contributed by atoms with van der Waals surface area (Å²) in [5, 5.41) is 2.45. The van der Waals surface area contributed by atoms with Crippen molar-refractivity contribution < 1.29 is 26.7 Å². The van der Waals surface area contributed by atoms with Crippen LogP contribution in [0.3, 0.4) is 0 Å². The van der Waals surface area contributed by atoms with E-state index in [0.717, 1.165) is 10.8 Å². The van der Waals surface area contributed by atoms with E-state index in [1.54, 1.807) is 0 Å². The Morgan fingerprint density at radius 1 is 1.32 bits per heavy atom. The number of nitroso groups, excluding NO2 is 1. The minimum atomic E-state index is -5.68. The topological polar surface area (TPSA) is 64.3 Å². The molecule has 1 aromatic rings. The number of alkyl halides is 5. The van der Waals surface area contributed by atoms with Gasteiger partial charge in [-0.05, 0) is 0 Å². The van der Waals surface area contributed by atoms with Crippen molar-refractivity contribution in [1.29, 1.82) is 0 Å². The summed E-state index contributed by atoms with van der Waals surface area (Å²) in [7, 11) is 0. The second kappa shape index (κ2) is 5.41. The van der Waals surface area contributed by atoms with E-state index in [4.69, 9.17) is 0 Å².